The Balaban J connectivity index is 3.06. The van der Waals surface area contributed by atoms with Gasteiger partial charge in [0.15, 0.2) is 0 Å². The second-order valence-electron chi connectivity index (χ2n) is 3.59. The lowest BCUT2D eigenvalue weighted by Gasteiger charge is -2.06. The van der Waals surface area contributed by atoms with Crippen LogP contribution in [-0.2, 0) is 0 Å². The molecule has 1 heterocycles. The second-order valence-corrected chi connectivity index (χ2v) is 4.97. The first-order chi connectivity index (χ1) is 6.69. The minimum atomic E-state index is 1.14. The first-order valence-corrected chi connectivity index (χ1v) is 6.22. The van der Waals surface area contributed by atoms with Gasteiger partial charge in [0.05, 0.1) is 0 Å². The predicted octanol–water partition coefficient (Wildman–Crippen LogP) is 5.09. The fraction of sp³-hybridized carbons (Fsp3) is 0.462. The third-order valence-corrected chi connectivity index (χ3v) is 3.88. The van der Waals surface area contributed by atoms with Crippen molar-refractivity contribution in [2.45, 2.75) is 40.5 Å². The fourth-order valence-corrected chi connectivity index (χ4v) is 2.64. The summed E-state index contributed by atoms with van der Waals surface area (Å²) in [6, 6.07) is 4.51. The van der Waals surface area contributed by atoms with Gasteiger partial charge >= 0.3 is 0 Å². The molecule has 0 saturated heterocycles. The van der Waals surface area contributed by atoms with Crippen LogP contribution in [0, 0.1) is 13.8 Å². The third-order valence-electron chi connectivity index (χ3n) is 2.51. The van der Waals surface area contributed by atoms with E-state index in [-0.39, 0.29) is 0 Å². The Hall–Kier alpha value is -0.610. The molecule has 0 N–H and O–H groups in total. The Kier molecular flexibility index (Phi) is 4.35. The highest BCUT2D eigenvalue weighted by Gasteiger charge is 2.00. The van der Waals surface area contributed by atoms with Gasteiger partial charge < -0.3 is 0 Å². The zero-order valence-electron chi connectivity index (χ0n) is 9.59. The second kappa shape index (κ2) is 5.32. The molecule has 0 nitrogen and oxygen atoms in total. The highest BCUT2D eigenvalue weighted by atomic mass is 31.0. The zero-order chi connectivity index (χ0) is 10.6. The minimum absolute atomic E-state index is 1.14. The standard InChI is InChI=1S/C13H19P/c1-5-7-12(6-2)13-9-8-10(3)11(4)14-13/h7-9H,5-6H2,1-4H3. The molecule has 0 amide bonds. The molecule has 0 aliphatic heterocycles. The van der Waals surface area contributed by atoms with Crippen molar-refractivity contribution in [1.82, 2.24) is 0 Å². The monoisotopic (exact) mass is 206 g/mol. The smallest absolute Gasteiger partial charge is 0.00492 e. The molecule has 0 radical (unpaired) electrons. The van der Waals surface area contributed by atoms with Crippen molar-refractivity contribution in [3.8, 4) is 0 Å². The van der Waals surface area contributed by atoms with E-state index in [9.17, 15) is 0 Å². The molecule has 1 heteroatoms. The number of hydrogen-bond donors (Lipinski definition) is 0. The van der Waals surface area contributed by atoms with E-state index >= 15 is 0 Å². The average Bonchev–Trinajstić information content (AvgIpc) is 2.19. The molecule has 76 valence electrons. The first kappa shape index (κ1) is 11.5. The van der Waals surface area contributed by atoms with Crippen LogP contribution in [0.15, 0.2) is 18.2 Å². The molecule has 1 aromatic heterocycles. The molecule has 0 aliphatic carbocycles. The van der Waals surface area contributed by atoms with E-state index in [2.05, 4.69) is 45.9 Å². The van der Waals surface area contributed by atoms with Crippen LogP contribution < -0.4 is 0 Å². The van der Waals surface area contributed by atoms with Gasteiger partial charge in [0.1, 0.15) is 0 Å². The van der Waals surface area contributed by atoms with Crippen molar-refractivity contribution in [3.05, 3.63) is 34.4 Å². The Morgan fingerprint density at radius 1 is 1.29 bits per heavy atom. The third kappa shape index (κ3) is 2.69. The molecular formula is C13H19P. The maximum atomic E-state index is 2.35. The van der Waals surface area contributed by atoms with Crippen molar-refractivity contribution in [3.63, 3.8) is 0 Å². The van der Waals surface area contributed by atoms with Gasteiger partial charge in [0.25, 0.3) is 0 Å². The van der Waals surface area contributed by atoms with Gasteiger partial charge in [-0.3, -0.25) is 0 Å². The SMILES string of the molecule is CCC=C(CC)c1ccc(C)c(C)p1. The zero-order valence-corrected chi connectivity index (χ0v) is 10.5. The minimum Gasteiger partial charge on any atom is -0.0807 e. The molecule has 0 atom stereocenters. The summed E-state index contributed by atoms with van der Waals surface area (Å²) in [4.78, 5) is 0. The van der Waals surface area contributed by atoms with Gasteiger partial charge in [-0.1, -0.05) is 34.2 Å². The van der Waals surface area contributed by atoms with Crippen LogP contribution in [-0.4, -0.2) is 0 Å². The van der Waals surface area contributed by atoms with Crippen LogP contribution in [0.4, 0.5) is 0 Å². The molecule has 1 rings (SSSR count). The molecule has 0 spiro atoms. The summed E-state index contributed by atoms with van der Waals surface area (Å²) in [7, 11) is 1.40. The van der Waals surface area contributed by atoms with E-state index in [0.717, 1.165) is 12.8 Å². The summed E-state index contributed by atoms with van der Waals surface area (Å²) in [6.45, 7) is 8.84. The van der Waals surface area contributed by atoms with Gasteiger partial charge in [0, 0.05) is 5.30 Å². The topological polar surface area (TPSA) is 0 Å². The summed E-state index contributed by atoms with van der Waals surface area (Å²) in [5.41, 5.74) is 2.93. The largest absolute Gasteiger partial charge is 0.0807 e. The molecule has 0 fully saturated rings. The van der Waals surface area contributed by atoms with Crippen molar-refractivity contribution in [2.24, 2.45) is 0 Å². The predicted molar refractivity (Wildman–Crippen MR) is 67.0 cm³/mol. The maximum absolute atomic E-state index is 2.35. The van der Waals surface area contributed by atoms with E-state index in [1.54, 1.807) is 0 Å². The van der Waals surface area contributed by atoms with Crippen molar-refractivity contribution >= 4 is 13.8 Å². The van der Waals surface area contributed by atoms with Gasteiger partial charge in [-0.2, -0.15) is 0 Å². The van der Waals surface area contributed by atoms with Crippen molar-refractivity contribution in [1.29, 1.82) is 0 Å². The van der Waals surface area contributed by atoms with Crippen LogP contribution >= 0.6 is 8.19 Å². The number of allylic oxidation sites excluding steroid dienone is 2. The summed E-state index contributed by atoms with van der Waals surface area (Å²) in [6.07, 6.45) is 4.63. The normalized spacial score (nSPS) is 12.4. The molecule has 0 bridgehead atoms. The lowest BCUT2D eigenvalue weighted by molar-refractivity contribution is 1.18. The fourth-order valence-electron chi connectivity index (χ4n) is 1.49. The van der Waals surface area contributed by atoms with Gasteiger partial charge in [-0.05, 0) is 49.2 Å². The lowest BCUT2D eigenvalue weighted by Crippen LogP contribution is -1.82. The van der Waals surface area contributed by atoms with E-state index < -0.39 is 0 Å². The molecule has 0 aromatic carbocycles. The first-order valence-electron chi connectivity index (χ1n) is 5.32. The molecule has 1 aromatic rings. The average molecular weight is 206 g/mol. The summed E-state index contributed by atoms with van der Waals surface area (Å²) >= 11 is 0. The summed E-state index contributed by atoms with van der Waals surface area (Å²) < 4.78 is 0. The number of hydrogen-bond acceptors (Lipinski definition) is 0. The van der Waals surface area contributed by atoms with Crippen LogP contribution in [0.3, 0.4) is 0 Å². The molecular weight excluding hydrogens is 187 g/mol. The van der Waals surface area contributed by atoms with E-state index in [4.69, 9.17) is 0 Å². The maximum Gasteiger partial charge on any atom is 0.00492 e. The molecule has 0 saturated carbocycles. The Morgan fingerprint density at radius 2 is 2.00 bits per heavy atom. The lowest BCUT2D eigenvalue weighted by atomic mass is 10.1. The van der Waals surface area contributed by atoms with Crippen LogP contribution in [0.25, 0.3) is 5.57 Å². The Labute approximate surface area is 89.2 Å². The van der Waals surface area contributed by atoms with Gasteiger partial charge in [0.2, 0.25) is 0 Å². The van der Waals surface area contributed by atoms with E-state index in [1.165, 1.54) is 29.9 Å². The molecule has 14 heavy (non-hydrogen) atoms. The Bertz CT molecular complexity index is 337. The van der Waals surface area contributed by atoms with Crippen LogP contribution in [0.1, 0.15) is 42.8 Å². The molecule has 0 aliphatic rings. The van der Waals surface area contributed by atoms with Crippen LogP contribution in [0.2, 0.25) is 0 Å². The number of rotatable bonds is 3. The Morgan fingerprint density at radius 3 is 2.50 bits per heavy atom. The van der Waals surface area contributed by atoms with Gasteiger partial charge in [-0.15, -0.1) is 0 Å². The highest BCUT2D eigenvalue weighted by molar-refractivity contribution is 7.32. The summed E-state index contributed by atoms with van der Waals surface area (Å²) in [5.74, 6) is 0. The number of aryl methyl sites for hydroxylation is 2. The molecule has 0 unspecified atom stereocenters. The van der Waals surface area contributed by atoms with Gasteiger partial charge in [-0.25, -0.2) is 0 Å². The van der Waals surface area contributed by atoms with Crippen molar-refractivity contribution < 1.29 is 0 Å². The van der Waals surface area contributed by atoms with E-state index in [0.29, 0.717) is 0 Å². The quantitative estimate of drug-likeness (QED) is 0.646. The van der Waals surface area contributed by atoms with Crippen LogP contribution in [0.5, 0.6) is 0 Å². The summed E-state index contributed by atoms with van der Waals surface area (Å²) in [5, 5.41) is 2.97. The highest BCUT2D eigenvalue weighted by Crippen LogP contribution is 2.30. The van der Waals surface area contributed by atoms with Crippen molar-refractivity contribution in [2.75, 3.05) is 0 Å². The van der Waals surface area contributed by atoms with E-state index in [1.807, 2.05) is 0 Å².